The summed E-state index contributed by atoms with van der Waals surface area (Å²) in [6.07, 6.45) is 8.72. The van der Waals surface area contributed by atoms with E-state index in [0.717, 1.165) is 25.0 Å². The van der Waals surface area contributed by atoms with E-state index in [1.54, 1.807) is 7.11 Å². The first-order valence-electron chi connectivity index (χ1n) is 6.23. The van der Waals surface area contributed by atoms with E-state index in [1.807, 2.05) is 27.7 Å². The Hall–Kier alpha value is -0.660. The summed E-state index contributed by atoms with van der Waals surface area (Å²) in [6.45, 7) is 7.70. The molecule has 0 heterocycles. The third-order valence-corrected chi connectivity index (χ3v) is 4.03. The van der Waals surface area contributed by atoms with E-state index < -0.39 is 11.0 Å². The summed E-state index contributed by atoms with van der Waals surface area (Å²) in [4.78, 5) is 0. The maximum absolute atomic E-state index is 11.8. The van der Waals surface area contributed by atoms with Gasteiger partial charge in [-0.25, -0.2) is 4.21 Å². The van der Waals surface area contributed by atoms with Crippen molar-refractivity contribution in [3.8, 4) is 12.3 Å². The molecule has 0 fully saturated rings. The quantitative estimate of drug-likeness (QED) is 0.527. The number of terminal acetylenes is 1. The first kappa shape index (κ1) is 17.3. The average molecular weight is 271 g/mol. The minimum Gasteiger partial charge on any atom is -0.380 e. The van der Waals surface area contributed by atoms with Crippen molar-refractivity contribution >= 4 is 16.7 Å². The predicted octanol–water partition coefficient (Wildman–Crippen LogP) is 3.12. The minimum atomic E-state index is -1.16. The number of hydrogen-bond acceptors (Lipinski definition) is 2. The Labute approximate surface area is 114 Å². The first-order valence-corrected chi connectivity index (χ1v) is 7.34. The van der Waals surface area contributed by atoms with Crippen molar-refractivity contribution in [1.29, 1.82) is 0 Å². The van der Waals surface area contributed by atoms with Crippen LogP contribution in [0.4, 0.5) is 0 Å². The minimum absolute atomic E-state index is 0.121. The molecule has 0 spiro atoms. The Morgan fingerprint density at radius 3 is 2.56 bits per heavy atom. The second kappa shape index (κ2) is 8.44. The molecular formula is C14H25NO2S. The molecule has 0 N–H and O–H groups in total. The van der Waals surface area contributed by atoms with Gasteiger partial charge in [-0.15, -0.1) is 12.3 Å². The van der Waals surface area contributed by atoms with Gasteiger partial charge in [0.25, 0.3) is 0 Å². The summed E-state index contributed by atoms with van der Waals surface area (Å²) < 4.78 is 21.0. The molecule has 0 aliphatic heterocycles. The van der Waals surface area contributed by atoms with Crippen molar-refractivity contribution in [1.82, 2.24) is 0 Å². The normalized spacial score (nSPS) is 16.1. The van der Waals surface area contributed by atoms with Crippen LogP contribution in [0.25, 0.3) is 0 Å². The molecule has 0 aromatic rings. The van der Waals surface area contributed by atoms with E-state index in [4.69, 9.17) is 11.2 Å². The van der Waals surface area contributed by atoms with Crippen LogP contribution in [0.3, 0.4) is 0 Å². The number of ether oxygens (including phenoxy) is 1. The van der Waals surface area contributed by atoms with E-state index in [1.165, 1.54) is 0 Å². The molecule has 18 heavy (non-hydrogen) atoms. The van der Waals surface area contributed by atoms with Crippen molar-refractivity contribution in [2.45, 2.75) is 64.2 Å². The average Bonchev–Trinajstić information content (AvgIpc) is 2.26. The summed E-state index contributed by atoms with van der Waals surface area (Å²) in [6, 6.07) is 0. The Balaban J connectivity index is 4.11. The van der Waals surface area contributed by atoms with Crippen LogP contribution >= 0.6 is 0 Å². The van der Waals surface area contributed by atoms with Gasteiger partial charge in [-0.2, -0.15) is 4.40 Å². The number of nitrogens with zero attached hydrogens (tertiary/aromatic N) is 1. The molecule has 1 unspecified atom stereocenters. The smallest absolute Gasteiger partial charge is 0.144 e. The highest BCUT2D eigenvalue weighted by molar-refractivity contribution is 7.85. The number of hydrogen-bond donors (Lipinski definition) is 0. The Kier molecular flexibility index (Phi) is 8.13. The summed E-state index contributed by atoms with van der Waals surface area (Å²) in [5.74, 6) is 2.61. The zero-order valence-corrected chi connectivity index (χ0v) is 13.0. The zero-order chi connectivity index (χ0) is 14.2. The number of methoxy groups -OCH3 is 1. The molecule has 0 aromatic carbocycles. The first-order chi connectivity index (χ1) is 8.31. The molecule has 0 saturated heterocycles. The molecule has 0 aliphatic rings. The standard InChI is InChI=1S/C14H25NO2S/c1-7-9-13(17-6)11-8-10-12(2)15-18(16)14(3,4)5/h1,13H,8-11H2,2-6H3/b15-12+/t13?,18-/m1/s1. The maximum atomic E-state index is 11.8. The van der Waals surface area contributed by atoms with Crippen LogP contribution in [0, 0.1) is 12.3 Å². The van der Waals surface area contributed by atoms with E-state index in [2.05, 4.69) is 10.3 Å². The molecular weight excluding hydrogens is 246 g/mol. The molecule has 3 nitrogen and oxygen atoms in total. The zero-order valence-electron chi connectivity index (χ0n) is 12.2. The van der Waals surface area contributed by atoms with E-state index in [9.17, 15) is 4.21 Å². The Bertz CT molecular complexity index is 337. The number of rotatable bonds is 7. The van der Waals surface area contributed by atoms with Gasteiger partial charge in [-0.05, 0) is 47.0 Å². The lowest BCUT2D eigenvalue weighted by atomic mass is 10.1. The second-order valence-electron chi connectivity index (χ2n) is 5.35. The van der Waals surface area contributed by atoms with Crippen LogP contribution in [0.5, 0.6) is 0 Å². The predicted molar refractivity (Wildman–Crippen MR) is 79.1 cm³/mol. The van der Waals surface area contributed by atoms with Gasteiger partial charge in [-0.3, -0.25) is 0 Å². The van der Waals surface area contributed by atoms with Crippen LogP contribution in [0.1, 0.15) is 53.4 Å². The van der Waals surface area contributed by atoms with E-state index in [0.29, 0.717) is 6.42 Å². The van der Waals surface area contributed by atoms with Crippen LogP contribution in [-0.4, -0.2) is 27.9 Å². The van der Waals surface area contributed by atoms with Gasteiger partial charge < -0.3 is 4.74 Å². The summed E-state index contributed by atoms with van der Waals surface area (Å²) in [5, 5.41) is 0. The molecule has 0 rings (SSSR count). The van der Waals surface area contributed by atoms with Crippen molar-refractivity contribution in [3.05, 3.63) is 0 Å². The van der Waals surface area contributed by atoms with Crippen molar-refractivity contribution in [3.63, 3.8) is 0 Å². The fraction of sp³-hybridized carbons (Fsp3) is 0.786. The van der Waals surface area contributed by atoms with Crippen LogP contribution < -0.4 is 0 Å². The third-order valence-electron chi connectivity index (χ3n) is 2.51. The lowest BCUT2D eigenvalue weighted by Gasteiger charge is -2.14. The van der Waals surface area contributed by atoms with Crippen molar-refractivity contribution < 1.29 is 8.95 Å². The van der Waals surface area contributed by atoms with Crippen molar-refractivity contribution in [2.75, 3.05) is 7.11 Å². The molecule has 0 bridgehead atoms. The second-order valence-corrected chi connectivity index (χ2v) is 7.25. The largest absolute Gasteiger partial charge is 0.380 e. The van der Waals surface area contributed by atoms with Crippen LogP contribution in [-0.2, 0) is 15.7 Å². The van der Waals surface area contributed by atoms with E-state index in [-0.39, 0.29) is 10.9 Å². The van der Waals surface area contributed by atoms with Gasteiger partial charge in [-0.1, -0.05) is 0 Å². The highest BCUT2D eigenvalue weighted by atomic mass is 32.2. The Morgan fingerprint density at radius 2 is 2.11 bits per heavy atom. The molecule has 0 aromatic heterocycles. The fourth-order valence-electron chi connectivity index (χ4n) is 1.34. The molecule has 104 valence electrons. The van der Waals surface area contributed by atoms with E-state index >= 15 is 0 Å². The van der Waals surface area contributed by atoms with Crippen molar-refractivity contribution in [2.24, 2.45) is 4.40 Å². The third kappa shape index (κ3) is 7.62. The van der Waals surface area contributed by atoms with Gasteiger partial charge >= 0.3 is 0 Å². The molecule has 0 amide bonds. The van der Waals surface area contributed by atoms with Crippen LogP contribution in [0.15, 0.2) is 4.40 Å². The highest BCUT2D eigenvalue weighted by Gasteiger charge is 2.18. The lowest BCUT2D eigenvalue weighted by Crippen LogP contribution is -2.20. The molecule has 0 saturated carbocycles. The summed E-state index contributed by atoms with van der Waals surface area (Å²) in [5.41, 5.74) is 0.929. The van der Waals surface area contributed by atoms with Crippen LogP contribution in [0.2, 0.25) is 0 Å². The lowest BCUT2D eigenvalue weighted by molar-refractivity contribution is 0.0982. The SMILES string of the molecule is C#CCC(CCC/C(C)=N/[S@](=O)C(C)(C)C)OC. The summed E-state index contributed by atoms with van der Waals surface area (Å²) >= 11 is 0. The highest BCUT2D eigenvalue weighted by Crippen LogP contribution is 2.14. The topological polar surface area (TPSA) is 38.7 Å². The van der Waals surface area contributed by atoms with Gasteiger partial charge in [0.15, 0.2) is 0 Å². The molecule has 0 aliphatic carbocycles. The van der Waals surface area contributed by atoms with Gasteiger partial charge in [0.1, 0.15) is 11.0 Å². The molecule has 4 heteroatoms. The van der Waals surface area contributed by atoms with Gasteiger partial charge in [0.05, 0.1) is 10.9 Å². The molecule has 2 atom stereocenters. The van der Waals surface area contributed by atoms with Gasteiger partial charge in [0.2, 0.25) is 0 Å². The Morgan fingerprint density at radius 1 is 1.50 bits per heavy atom. The molecule has 0 radical (unpaired) electrons. The summed E-state index contributed by atoms with van der Waals surface area (Å²) in [7, 11) is 0.516. The monoisotopic (exact) mass is 271 g/mol. The fourth-order valence-corrected chi connectivity index (χ4v) is 1.99. The maximum Gasteiger partial charge on any atom is 0.144 e. The van der Waals surface area contributed by atoms with Gasteiger partial charge in [0, 0.05) is 19.2 Å².